The van der Waals surface area contributed by atoms with Crippen LogP contribution in [-0.4, -0.2) is 33.5 Å². The summed E-state index contributed by atoms with van der Waals surface area (Å²) in [5.74, 6) is 0.455. The second-order valence-corrected chi connectivity index (χ2v) is 5.91. The predicted molar refractivity (Wildman–Crippen MR) is 90.5 cm³/mol. The van der Waals surface area contributed by atoms with Crippen LogP contribution >= 0.6 is 11.6 Å². The molecule has 0 fully saturated rings. The second-order valence-electron chi connectivity index (χ2n) is 5.44. The molecule has 8 nitrogen and oxygen atoms in total. The highest BCUT2D eigenvalue weighted by molar-refractivity contribution is 6.31. The summed E-state index contributed by atoms with van der Waals surface area (Å²) in [6.45, 7) is 2.01. The summed E-state index contributed by atoms with van der Waals surface area (Å²) in [5, 5.41) is 3.60. The van der Waals surface area contributed by atoms with Crippen LogP contribution in [0.1, 0.15) is 17.3 Å². The van der Waals surface area contributed by atoms with Gasteiger partial charge < -0.3 is 11.1 Å². The van der Waals surface area contributed by atoms with Gasteiger partial charge >= 0.3 is 0 Å². The van der Waals surface area contributed by atoms with Gasteiger partial charge in [0.25, 0.3) is 11.4 Å². The molecule has 2 aromatic rings. The number of nitrogen functional groups attached to an aromatic ring is 1. The van der Waals surface area contributed by atoms with Gasteiger partial charge in [-0.2, -0.15) is 4.98 Å². The first-order valence-corrected chi connectivity index (χ1v) is 7.78. The SMILES string of the molecule is CC(=O)c1ccc([NH2+]CC2=Nc3c(nc(N)[nH]c3=O)[NH2+]C2Cl)cc1. The third-order valence-electron chi connectivity index (χ3n) is 3.68. The number of anilines is 1. The Bertz CT molecular complexity index is 875. The highest BCUT2D eigenvalue weighted by Gasteiger charge is 2.29. The summed E-state index contributed by atoms with van der Waals surface area (Å²) in [6.07, 6.45) is 0. The molecule has 0 saturated carbocycles. The van der Waals surface area contributed by atoms with Crippen LogP contribution in [0.2, 0.25) is 0 Å². The fraction of sp³-hybridized carbons (Fsp3) is 0.200. The summed E-state index contributed by atoms with van der Waals surface area (Å²) < 4.78 is 0. The van der Waals surface area contributed by atoms with Crippen LogP contribution in [0.25, 0.3) is 0 Å². The lowest BCUT2D eigenvalue weighted by molar-refractivity contribution is -0.586. The number of fused-ring (bicyclic) bond motifs is 1. The molecule has 1 aromatic carbocycles. The van der Waals surface area contributed by atoms with Crippen molar-refractivity contribution in [1.82, 2.24) is 9.97 Å². The Morgan fingerprint density at radius 2 is 2.12 bits per heavy atom. The number of hydrogen-bond acceptors (Lipinski definition) is 5. The molecule has 1 atom stereocenters. The standard InChI is InChI=1S/C15H15ClN6O2/c1-7(23)8-2-4-9(5-3-8)18-6-10-12(16)20-13-11(19-10)14(24)22-15(17)21-13/h2-5,12,18H,6H2,1H3,(H4,17,20,21,22,24)/p+2. The zero-order valence-electron chi connectivity index (χ0n) is 12.9. The zero-order chi connectivity index (χ0) is 17.3. The van der Waals surface area contributed by atoms with Crippen molar-refractivity contribution >= 4 is 46.2 Å². The highest BCUT2D eigenvalue weighted by atomic mass is 35.5. The maximum Gasteiger partial charge on any atom is 0.284 e. The molecule has 0 amide bonds. The number of H-pyrrole nitrogens is 1. The minimum absolute atomic E-state index is 0.0243. The third-order valence-corrected chi connectivity index (χ3v) is 4.06. The smallest absolute Gasteiger partial charge is 0.284 e. The van der Waals surface area contributed by atoms with Crippen molar-refractivity contribution in [2.45, 2.75) is 12.4 Å². The molecule has 1 aliphatic heterocycles. The number of halogens is 1. The maximum atomic E-state index is 11.9. The lowest BCUT2D eigenvalue weighted by Gasteiger charge is -2.16. The van der Waals surface area contributed by atoms with E-state index < -0.39 is 5.50 Å². The van der Waals surface area contributed by atoms with Crippen LogP contribution in [-0.2, 0) is 0 Å². The van der Waals surface area contributed by atoms with Gasteiger partial charge in [-0.3, -0.25) is 19.9 Å². The molecule has 1 unspecified atom stereocenters. The molecule has 0 spiro atoms. The number of quaternary nitrogens is 2. The van der Waals surface area contributed by atoms with Gasteiger partial charge in [0.1, 0.15) is 17.9 Å². The fourth-order valence-electron chi connectivity index (χ4n) is 2.40. The van der Waals surface area contributed by atoms with Gasteiger partial charge in [0.05, 0.1) is 0 Å². The Morgan fingerprint density at radius 1 is 1.42 bits per heavy atom. The largest absolute Gasteiger partial charge is 0.369 e. The number of aromatic amines is 1. The Labute approximate surface area is 142 Å². The number of ketones is 1. The summed E-state index contributed by atoms with van der Waals surface area (Å²) in [4.78, 5) is 34.0. The van der Waals surface area contributed by atoms with Crippen LogP contribution in [0.4, 0.5) is 23.1 Å². The van der Waals surface area contributed by atoms with Crippen LogP contribution in [0, 0.1) is 0 Å². The summed E-state index contributed by atoms with van der Waals surface area (Å²) >= 11 is 6.30. The number of nitrogens with zero attached hydrogens (tertiary/aromatic N) is 2. The van der Waals surface area contributed by atoms with Gasteiger partial charge in [-0.25, -0.2) is 4.99 Å². The average Bonchev–Trinajstić information content (AvgIpc) is 2.53. The minimum atomic E-state index is -0.459. The Kier molecular flexibility index (Phi) is 4.43. The van der Waals surface area contributed by atoms with E-state index in [1.54, 1.807) is 17.4 Å². The van der Waals surface area contributed by atoms with Crippen molar-refractivity contribution in [3.63, 3.8) is 0 Å². The molecule has 1 aromatic heterocycles. The van der Waals surface area contributed by atoms with E-state index in [2.05, 4.69) is 15.0 Å². The number of nitrogens with one attached hydrogen (secondary N) is 1. The quantitative estimate of drug-likeness (QED) is 0.251. The monoisotopic (exact) mass is 348 g/mol. The number of rotatable bonds is 4. The first-order valence-electron chi connectivity index (χ1n) is 7.34. The molecule has 0 bridgehead atoms. The van der Waals surface area contributed by atoms with Gasteiger partial charge in [-0.05, 0) is 31.2 Å². The Hall–Kier alpha value is -2.55. The van der Waals surface area contributed by atoms with Crippen LogP contribution in [0.3, 0.4) is 0 Å². The summed E-state index contributed by atoms with van der Waals surface area (Å²) in [5.41, 5.74) is 7.15. The normalized spacial score (nSPS) is 16.4. The number of aliphatic imine (C=N–C) groups is 1. The lowest BCUT2D eigenvalue weighted by atomic mass is 10.1. The van der Waals surface area contributed by atoms with Gasteiger partial charge in [0, 0.05) is 5.56 Å². The number of benzene rings is 1. The van der Waals surface area contributed by atoms with E-state index in [0.29, 0.717) is 23.6 Å². The molecular weight excluding hydrogens is 332 g/mol. The second kappa shape index (κ2) is 6.52. The van der Waals surface area contributed by atoms with E-state index in [4.69, 9.17) is 17.3 Å². The Morgan fingerprint density at radius 3 is 2.79 bits per heavy atom. The molecule has 0 radical (unpaired) electrons. The topological polar surface area (TPSA) is 134 Å². The van der Waals surface area contributed by atoms with Crippen molar-refractivity contribution in [1.29, 1.82) is 0 Å². The number of hydrogen-bond donors (Lipinski definition) is 4. The predicted octanol–water partition coefficient (Wildman–Crippen LogP) is -0.704. The molecule has 7 N–H and O–H groups in total. The maximum absolute atomic E-state index is 11.9. The summed E-state index contributed by atoms with van der Waals surface area (Å²) in [6, 6.07) is 7.26. The number of nitrogens with two attached hydrogens (primary N) is 3. The van der Waals surface area contributed by atoms with Gasteiger partial charge in [0.15, 0.2) is 5.78 Å². The van der Waals surface area contributed by atoms with Crippen molar-refractivity contribution in [3.05, 3.63) is 40.2 Å². The molecule has 1 aliphatic rings. The van der Waals surface area contributed by atoms with Crippen molar-refractivity contribution < 1.29 is 15.4 Å². The first kappa shape index (κ1) is 16.3. The molecule has 124 valence electrons. The molecule has 9 heteroatoms. The van der Waals surface area contributed by atoms with Gasteiger partial charge in [-0.1, -0.05) is 11.6 Å². The van der Waals surface area contributed by atoms with Crippen molar-refractivity contribution in [3.8, 4) is 0 Å². The van der Waals surface area contributed by atoms with E-state index in [1.807, 2.05) is 17.4 Å². The van der Waals surface area contributed by atoms with E-state index in [0.717, 1.165) is 5.69 Å². The van der Waals surface area contributed by atoms with Crippen LogP contribution in [0.5, 0.6) is 0 Å². The van der Waals surface area contributed by atoms with Crippen molar-refractivity contribution in [2.24, 2.45) is 4.99 Å². The van der Waals surface area contributed by atoms with Gasteiger partial charge in [-0.15, -0.1) is 0 Å². The molecule has 3 rings (SSSR count). The molecule has 24 heavy (non-hydrogen) atoms. The number of carbonyl (C=O) groups excluding carboxylic acids is 1. The number of alkyl halides is 1. The van der Waals surface area contributed by atoms with Crippen molar-refractivity contribution in [2.75, 3.05) is 12.3 Å². The van der Waals surface area contributed by atoms with Crippen LogP contribution < -0.4 is 21.9 Å². The number of aromatic nitrogens is 2. The minimum Gasteiger partial charge on any atom is -0.369 e. The molecule has 2 heterocycles. The lowest BCUT2D eigenvalue weighted by Crippen LogP contribution is -2.90. The summed E-state index contributed by atoms with van der Waals surface area (Å²) in [7, 11) is 0. The number of carbonyl (C=O) groups is 1. The average molecular weight is 349 g/mol. The zero-order valence-corrected chi connectivity index (χ0v) is 13.7. The van der Waals surface area contributed by atoms with E-state index in [-0.39, 0.29) is 23.0 Å². The van der Waals surface area contributed by atoms with E-state index >= 15 is 0 Å². The molecule has 0 aliphatic carbocycles. The fourth-order valence-corrected chi connectivity index (χ4v) is 2.66. The number of Topliss-reactive ketones (excluding diaryl/α,β-unsaturated/α-hetero) is 1. The first-order chi connectivity index (χ1) is 11.4. The van der Waals surface area contributed by atoms with E-state index in [1.165, 1.54) is 6.92 Å². The van der Waals surface area contributed by atoms with Gasteiger partial charge in [0.2, 0.25) is 17.1 Å². The molecule has 0 saturated heterocycles. The Balaban J connectivity index is 1.78. The van der Waals surface area contributed by atoms with E-state index in [9.17, 15) is 9.59 Å². The highest BCUT2D eigenvalue weighted by Crippen LogP contribution is 2.17. The third kappa shape index (κ3) is 3.35. The van der Waals surface area contributed by atoms with Crippen LogP contribution in [0.15, 0.2) is 34.1 Å². The molecular formula is C15H17ClN6O2+2.